The molecule has 1 unspecified atom stereocenters. The molecule has 0 heterocycles. The van der Waals surface area contributed by atoms with Crippen molar-refractivity contribution in [3.63, 3.8) is 0 Å². The number of carbonyl (C=O) groups excluding carboxylic acids is 1. The molecule has 0 aromatic heterocycles. The van der Waals surface area contributed by atoms with Crippen molar-refractivity contribution in [1.29, 1.82) is 0 Å². The van der Waals surface area contributed by atoms with Crippen LogP contribution in [-0.2, 0) is 9.59 Å². The molecular formula is C13H18N2O3. The van der Waals surface area contributed by atoms with Crippen LogP contribution in [0.4, 0.5) is 5.69 Å². The molecule has 0 bridgehead atoms. The van der Waals surface area contributed by atoms with Gasteiger partial charge in [-0.3, -0.25) is 9.59 Å². The summed E-state index contributed by atoms with van der Waals surface area (Å²) >= 11 is 0. The number of anilines is 1. The van der Waals surface area contributed by atoms with Crippen LogP contribution in [0.2, 0.25) is 0 Å². The van der Waals surface area contributed by atoms with Crippen LogP contribution in [0.3, 0.4) is 0 Å². The Labute approximate surface area is 106 Å². The van der Waals surface area contributed by atoms with Crippen LogP contribution >= 0.6 is 0 Å². The first-order chi connectivity index (χ1) is 8.54. The highest BCUT2D eigenvalue weighted by Crippen LogP contribution is 2.15. The molecule has 0 spiro atoms. The topological polar surface area (TPSA) is 83.6 Å². The largest absolute Gasteiger partial charge is 0.480 e. The van der Waals surface area contributed by atoms with E-state index in [1.165, 1.54) is 4.90 Å². The maximum atomic E-state index is 12.0. The second kappa shape index (κ2) is 6.76. The normalized spacial score (nSPS) is 11.9. The number of carbonyl (C=O) groups is 2. The lowest BCUT2D eigenvalue weighted by Gasteiger charge is -2.22. The Morgan fingerprint density at radius 3 is 2.44 bits per heavy atom. The highest BCUT2D eigenvalue weighted by Gasteiger charge is 2.20. The summed E-state index contributed by atoms with van der Waals surface area (Å²) in [5, 5.41) is 8.86. The minimum atomic E-state index is -1.04. The third-order valence-corrected chi connectivity index (χ3v) is 2.62. The van der Waals surface area contributed by atoms with Crippen LogP contribution in [0.1, 0.15) is 19.8 Å². The Balaban J connectivity index is 2.85. The van der Waals surface area contributed by atoms with E-state index in [0.717, 1.165) is 0 Å². The predicted molar refractivity (Wildman–Crippen MR) is 69.3 cm³/mol. The number of hydrogen-bond acceptors (Lipinski definition) is 3. The highest BCUT2D eigenvalue weighted by molar-refractivity contribution is 5.97. The van der Waals surface area contributed by atoms with Gasteiger partial charge in [-0.05, 0) is 18.6 Å². The zero-order valence-corrected chi connectivity index (χ0v) is 10.4. The van der Waals surface area contributed by atoms with Gasteiger partial charge in [0.25, 0.3) is 0 Å². The molecule has 1 rings (SSSR count). The summed E-state index contributed by atoms with van der Waals surface area (Å²) in [7, 11) is 0. The predicted octanol–water partition coefficient (Wildman–Crippen LogP) is 1.23. The number of para-hydroxylation sites is 1. The number of benzene rings is 1. The smallest absolute Gasteiger partial charge is 0.323 e. The molecular weight excluding hydrogens is 232 g/mol. The van der Waals surface area contributed by atoms with Crippen LogP contribution < -0.4 is 10.6 Å². The van der Waals surface area contributed by atoms with Gasteiger partial charge in [-0.2, -0.15) is 0 Å². The van der Waals surface area contributed by atoms with Crippen LogP contribution in [0, 0.1) is 0 Å². The third kappa shape index (κ3) is 4.18. The van der Waals surface area contributed by atoms with E-state index in [2.05, 4.69) is 0 Å². The average molecular weight is 250 g/mol. The van der Waals surface area contributed by atoms with Gasteiger partial charge >= 0.3 is 5.97 Å². The van der Waals surface area contributed by atoms with E-state index in [1.807, 2.05) is 13.0 Å². The molecule has 0 aliphatic carbocycles. The molecule has 3 N–H and O–H groups in total. The van der Waals surface area contributed by atoms with Crippen molar-refractivity contribution in [1.82, 2.24) is 0 Å². The average Bonchev–Trinajstić information content (AvgIpc) is 2.36. The summed E-state index contributed by atoms with van der Waals surface area (Å²) in [6.45, 7) is 1.54. The molecule has 0 aliphatic rings. The summed E-state index contributed by atoms with van der Waals surface area (Å²) in [6, 6.07) is 8.51. The van der Waals surface area contributed by atoms with Gasteiger partial charge in [0.15, 0.2) is 0 Å². The summed E-state index contributed by atoms with van der Waals surface area (Å²) in [5.74, 6) is -1.31. The zero-order valence-electron chi connectivity index (χ0n) is 10.4. The van der Waals surface area contributed by atoms with E-state index in [1.54, 1.807) is 24.3 Å². The van der Waals surface area contributed by atoms with Gasteiger partial charge in [0.05, 0.1) is 0 Å². The summed E-state index contributed by atoms with van der Waals surface area (Å²) in [6.07, 6.45) is 0.833. The van der Waals surface area contributed by atoms with E-state index in [-0.39, 0.29) is 24.9 Å². The van der Waals surface area contributed by atoms with Gasteiger partial charge in [-0.15, -0.1) is 0 Å². The first kappa shape index (κ1) is 14.2. The fraction of sp³-hybridized carbons (Fsp3) is 0.385. The van der Waals surface area contributed by atoms with Crippen molar-refractivity contribution in [3.8, 4) is 0 Å². The zero-order chi connectivity index (χ0) is 13.5. The second-order valence-electron chi connectivity index (χ2n) is 4.08. The lowest BCUT2D eigenvalue weighted by Crippen LogP contribution is -2.39. The molecule has 98 valence electrons. The number of nitrogens with zero attached hydrogens (tertiary/aromatic N) is 1. The molecule has 5 nitrogen and oxygen atoms in total. The Bertz CT molecular complexity index is 406. The van der Waals surface area contributed by atoms with Crippen molar-refractivity contribution in [2.45, 2.75) is 25.8 Å². The minimum absolute atomic E-state index is 0.151. The Kier molecular flexibility index (Phi) is 5.32. The van der Waals surface area contributed by atoms with E-state index in [4.69, 9.17) is 10.8 Å². The van der Waals surface area contributed by atoms with Gasteiger partial charge in [0, 0.05) is 18.2 Å². The number of aliphatic carboxylic acids is 1. The fourth-order valence-electron chi connectivity index (χ4n) is 1.55. The van der Waals surface area contributed by atoms with Crippen LogP contribution in [0.5, 0.6) is 0 Å². The standard InChI is InChI=1S/C13H18N2O3/c1-2-10(14)8-12(16)15(9-13(17)18)11-6-4-3-5-7-11/h3-7,10H,2,8-9,14H2,1H3,(H,17,18). The maximum absolute atomic E-state index is 12.0. The lowest BCUT2D eigenvalue weighted by molar-refractivity contribution is -0.136. The maximum Gasteiger partial charge on any atom is 0.323 e. The van der Waals surface area contributed by atoms with Gasteiger partial charge < -0.3 is 15.7 Å². The van der Waals surface area contributed by atoms with Gasteiger partial charge in [-0.25, -0.2) is 0 Å². The van der Waals surface area contributed by atoms with Crippen molar-refractivity contribution < 1.29 is 14.7 Å². The van der Waals surface area contributed by atoms with Gasteiger partial charge in [0.2, 0.25) is 5.91 Å². The van der Waals surface area contributed by atoms with E-state index < -0.39 is 5.97 Å². The highest BCUT2D eigenvalue weighted by atomic mass is 16.4. The molecule has 0 saturated carbocycles. The Morgan fingerprint density at radius 2 is 1.94 bits per heavy atom. The van der Waals surface area contributed by atoms with Crippen LogP contribution in [0.25, 0.3) is 0 Å². The number of carboxylic acid groups (broad SMARTS) is 1. The van der Waals surface area contributed by atoms with Crippen molar-refractivity contribution >= 4 is 17.6 Å². The molecule has 1 atom stereocenters. The third-order valence-electron chi connectivity index (χ3n) is 2.62. The van der Waals surface area contributed by atoms with E-state index in [0.29, 0.717) is 12.1 Å². The number of hydrogen-bond donors (Lipinski definition) is 2. The first-order valence-corrected chi connectivity index (χ1v) is 5.87. The van der Waals surface area contributed by atoms with E-state index >= 15 is 0 Å². The molecule has 1 amide bonds. The molecule has 5 heteroatoms. The fourth-order valence-corrected chi connectivity index (χ4v) is 1.55. The number of rotatable bonds is 6. The number of nitrogens with two attached hydrogens (primary N) is 1. The van der Waals surface area contributed by atoms with Crippen molar-refractivity contribution in [2.75, 3.05) is 11.4 Å². The minimum Gasteiger partial charge on any atom is -0.480 e. The molecule has 1 aromatic rings. The molecule has 0 saturated heterocycles. The van der Waals surface area contributed by atoms with Crippen LogP contribution in [0.15, 0.2) is 30.3 Å². The van der Waals surface area contributed by atoms with Gasteiger partial charge in [-0.1, -0.05) is 25.1 Å². The summed E-state index contributed by atoms with van der Waals surface area (Å²) in [5.41, 5.74) is 6.30. The molecule has 1 aromatic carbocycles. The molecule has 0 aliphatic heterocycles. The quantitative estimate of drug-likeness (QED) is 0.795. The first-order valence-electron chi connectivity index (χ1n) is 5.87. The lowest BCUT2D eigenvalue weighted by atomic mass is 10.1. The van der Waals surface area contributed by atoms with Crippen LogP contribution in [-0.4, -0.2) is 29.6 Å². The number of amides is 1. The summed E-state index contributed by atoms with van der Waals surface area (Å²) < 4.78 is 0. The van der Waals surface area contributed by atoms with Crippen molar-refractivity contribution in [3.05, 3.63) is 30.3 Å². The Morgan fingerprint density at radius 1 is 1.33 bits per heavy atom. The molecule has 0 fully saturated rings. The monoisotopic (exact) mass is 250 g/mol. The number of carboxylic acids is 1. The molecule has 0 radical (unpaired) electrons. The Hall–Kier alpha value is -1.88. The summed E-state index contributed by atoms with van der Waals surface area (Å²) in [4.78, 5) is 24.1. The van der Waals surface area contributed by atoms with Crippen molar-refractivity contribution in [2.24, 2.45) is 5.73 Å². The van der Waals surface area contributed by atoms with E-state index in [9.17, 15) is 9.59 Å². The second-order valence-corrected chi connectivity index (χ2v) is 4.08. The molecule has 18 heavy (non-hydrogen) atoms. The SMILES string of the molecule is CCC(N)CC(=O)N(CC(=O)O)c1ccccc1. The van der Waals surface area contributed by atoms with Gasteiger partial charge in [0.1, 0.15) is 6.54 Å².